The molecule has 0 nitrogen and oxygen atoms in total. The molecule has 0 bridgehead atoms. The molecule has 1 aromatic carbocycles. The summed E-state index contributed by atoms with van der Waals surface area (Å²) >= 11 is -2.01. The van der Waals surface area contributed by atoms with Crippen molar-refractivity contribution in [1.29, 1.82) is 0 Å². The minimum absolute atomic E-state index is 1.17. The summed E-state index contributed by atoms with van der Waals surface area (Å²) in [5.74, 6) is 0. The average Bonchev–Trinajstić information content (AvgIpc) is 1.88. The third-order valence-corrected chi connectivity index (χ3v) is 6.21. The van der Waals surface area contributed by atoms with Gasteiger partial charge in [-0.25, -0.2) is 0 Å². The first kappa shape index (κ1) is 8.71. The van der Waals surface area contributed by atoms with Gasteiger partial charge in [-0.15, -0.1) is 0 Å². The normalized spacial score (nSPS) is 10.4. The third-order valence-electron chi connectivity index (χ3n) is 1.30. The van der Waals surface area contributed by atoms with E-state index in [2.05, 4.69) is 0 Å². The van der Waals surface area contributed by atoms with E-state index in [-0.39, 0.29) is 0 Å². The molecule has 10 heavy (non-hydrogen) atoms. The fourth-order valence-corrected chi connectivity index (χ4v) is 4.84. The number of aryl methyl sites for hydroxylation is 1. The van der Waals surface area contributed by atoms with E-state index in [0.29, 0.717) is 0 Å². The van der Waals surface area contributed by atoms with Gasteiger partial charge < -0.3 is 0 Å². The molecule has 1 aromatic rings. The molecule has 3 heteroatoms. The Morgan fingerprint density at radius 1 is 1.20 bits per heavy atom. The molecular formula is C7H7Cl2Sb. The van der Waals surface area contributed by atoms with E-state index in [9.17, 15) is 0 Å². The zero-order valence-corrected chi connectivity index (χ0v) is 9.58. The Kier molecular flexibility index (Phi) is 3.36. The Morgan fingerprint density at radius 3 is 2.20 bits per heavy atom. The first-order chi connectivity index (χ1) is 4.72. The second-order valence-electron chi connectivity index (χ2n) is 2.02. The second kappa shape index (κ2) is 3.85. The number of rotatable bonds is 1. The van der Waals surface area contributed by atoms with Crippen molar-refractivity contribution in [2.45, 2.75) is 6.92 Å². The Labute approximate surface area is 75.5 Å². The van der Waals surface area contributed by atoms with E-state index in [0.717, 1.165) is 0 Å². The van der Waals surface area contributed by atoms with Crippen LogP contribution in [-0.4, -0.2) is 17.9 Å². The van der Waals surface area contributed by atoms with E-state index in [1.54, 1.807) is 0 Å². The quantitative estimate of drug-likeness (QED) is 0.693. The first-order valence-corrected chi connectivity index (χ1v) is 10.6. The summed E-state index contributed by atoms with van der Waals surface area (Å²) in [5, 5.41) is 0. The summed E-state index contributed by atoms with van der Waals surface area (Å²) in [4.78, 5) is 0. The van der Waals surface area contributed by atoms with Crippen LogP contribution in [0.2, 0.25) is 0 Å². The molecule has 0 aromatic heterocycles. The van der Waals surface area contributed by atoms with Crippen molar-refractivity contribution in [1.82, 2.24) is 0 Å². The van der Waals surface area contributed by atoms with Gasteiger partial charge in [0.2, 0.25) is 0 Å². The molecule has 0 N–H and O–H groups in total. The van der Waals surface area contributed by atoms with Crippen LogP contribution in [0.15, 0.2) is 24.3 Å². The van der Waals surface area contributed by atoms with Crippen LogP contribution in [0, 0.1) is 6.92 Å². The molecule has 0 aliphatic rings. The van der Waals surface area contributed by atoms with Gasteiger partial charge >= 0.3 is 75.8 Å². The summed E-state index contributed by atoms with van der Waals surface area (Å²) in [7, 11) is 11.7. The molecule has 0 saturated carbocycles. The van der Waals surface area contributed by atoms with Crippen LogP contribution < -0.4 is 3.51 Å². The third kappa shape index (κ3) is 2.05. The van der Waals surface area contributed by atoms with Crippen LogP contribution in [0.1, 0.15) is 5.56 Å². The van der Waals surface area contributed by atoms with Gasteiger partial charge in [0.1, 0.15) is 0 Å². The van der Waals surface area contributed by atoms with Crippen LogP contribution in [0.5, 0.6) is 0 Å². The van der Waals surface area contributed by atoms with Crippen molar-refractivity contribution >= 4 is 39.1 Å². The van der Waals surface area contributed by atoms with Crippen LogP contribution in [0.3, 0.4) is 0 Å². The molecular weight excluding hydrogens is 277 g/mol. The van der Waals surface area contributed by atoms with Gasteiger partial charge in [-0.3, -0.25) is 0 Å². The topological polar surface area (TPSA) is 0 Å². The van der Waals surface area contributed by atoms with Crippen molar-refractivity contribution in [2.24, 2.45) is 0 Å². The molecule has 0 aliphatic carbocycles. The minimum atomic E-state index is -2.01. The Bertz CT molecular complexity index is 223. The van der Waals surface area contributed by atoms with Crippen molar-refractivity contribution < 1.29 is 0 Å². The molecule has 0 radical (unpaired) electrons. The van der Waals surface area contributed by atoms with Crippen molar-refractivity contribution in [3.63, 3.8) is 0 Å². The monoisotopic (exact) mass is 282 g/mol. The summed E-state index contributed by atoms with van der Waals surface area (Å²) in [6.07, 6.45) is 0. The molecule has 0 unspecified atom stereocenters. The standard InChI is InChI=1S/C7H7.2ClH.Sb/c1-7-5-3-2-4-6-7;;;/h2-5H,1H3;2*1H;/q;;;+2/p-2. The van der Waals surface area contributed by atoms with Crippen LogP contribution in [0.4, 0.5) is 0 Å². The molecule has 1 rings (SSSR count). The first-order valence-electron chi connectivity index (χ1n) is 2.89. The molecule has 0 fully saturated rings. The SMILES string of the molecule is Cc1cccc[c]1[Sb]([Cl])[Cl]. The van der Waals surface area contributed by atoms with Crippen molar-refractivity contribution in [3.05, 3.63) is 29.8 Å². The molecule has 54 valence electrons. The molecule has 0 heterocycles. The zero-order valence-electron chi connectivity index (χ0n) is 5.51. The maximum atomic E-state index is 5.86. The predicted molar refractivity (Wildman–Crippen MR) is 48.3 cm³/mol. The van der Waals surface area contributed by atoms with Gasteiger partial charge in [0.25, 0.3) is 0 Å². The summed E-state index contributed by atoms with van der Waals surface area (Å²) in [6, 6.07) is 8.02. The number of benzene rings is 1. The number of hydrogen-bond donors (Lipinski definition) is 0. The Hall–Kier alpha value is 0.618. The van der Waals surface area contributed by atoms with E-state index in [1.165, 1.54) is 9.07 Å². The molecule has 0 amide bonds. The second-order valence-corrected chi connectivity index (χ2v) is 10.4. The summed E-state index contributed by atoms with van der Waals surface area (Å²) in [5.41, 5.74) is 1.22. The summed E-state index contributed by atoms with van der Waals surface area (Å²) < 4.78 is 1.17. The van der Waals surface area contributed by atoms with Gasteiger partial charge in [-0.2, -0.15) is 0 Å². The van der Waals surface area contributed by atoms with Crippen LogP contribution >= 0.6 is 17.7 Å². The van der Waals surface area contributed by atoms with Gasteiger partial charge in [0.15, 0.2) is 0 Å². The Morgan fingerprint density at radius 2 is 1.80 bits per heavy atom. The van der Waals surface area contributed by atoms with Gasteiger partial charge in [0, 0.05) is 0 Å². The zero-order chi connectivity index (χ0) is 7.56. The predicted octanol–water partition coefficient (Wildman–Crippen LogP) is 2.17. The van der Waals surface area contributed by atoms with E-state index in [1.807, 2.05) is 31.2 Å². The average molecular weight is 284 g/mol. The maximum absolute atomic E-state index is 5.86. The van der Waals surface area contributed by atoms with Crippen molar-refractivity contribution in [3.8, 4) is 0 Å². The fourth-order valence-electron chi connectivity index (χ4n) is 0.753. The molecule has 0 spiro atoms. The van der Waals surface area contributed by atoms with Gasteiger partial charge in [0.05, 0.1) is 0 Å². The van der Waals surface area contributed by atoms with Gasteiger partial charge in [-0.1, -0.05) is 0 Å². The number of hydrogen-bond acceptors (Lipinski definition) is 0. The van der Waals surface area contributed by atoms with E-state index < -0.39 is 17.9 Å². The van der Waals surface area contributed by atoms with Crippen LogP contribution in [-0.2, 0) is 0 Å². The Balaban J connectivity index is 3.03. The molecule has 0 atom stereocenters. The molecule has 0 aliphatic heterocycles. The van der Waals surface area contributed by atoms with Crippen molar-refractivity contribution in [2.75, 3.05) is 0 Å². The van der Waals surface area contributed by atoms with E-state index >= 15 is 0 Å². The van der Waals surface area contributed by atoms with Gasteiger partial charge in [-0.05, 0) is 0 Å². The summed E-state index contributed by atoms with van der Waals surface area (Å²) in [6.45, 7) is 2.04. The fraction of sp³-hybridized carbons (Fsp3) is 0.143. The number of halogens is 2. The van der Waals surface area contributed by atoms with Crippen LogP contribution in [0.25, 0.3) is 0 Å². The van der Waals surface area contributed by atoms with E-state index in [4.69, 9.17) is 17.7 Å². The molecule has 0 saturated heterocycles.